The average molecular weight is 835 g/mol. The van der Waals surface area contributed by atoms with Gasteiger partial charge < -0.3 is 14.2 Å². The average Bonchev–Trinajstić information content (AvgIpc) is 3.24. The van der Waals surface area contributed by atoms with E-state index in [0.717, 1.165) is 96.3 Å². The maximum absolute atomic E-state index is 12.8. The molecule has 0 saturated carbocycles. The fraction of sp³-hybridized carbons (Fsp3) is 0.685. The minimum atomic E-state index is -0.806. The van der Waals surface area contributed by atoms with Crippen molar-refractivity contribution in [2.45, 2.75) is 226 Å². The van der Waals surface area contributed by atoms with Crippen LogP contribution in [0.3, 0.4) is 0 Å². The van der Waals surface area contributed by atoms with Gasteiger partial charge in [-0.25, -0.2) is 0 Å². The Labute approximate surface area is 369 Å². The molecule has 0 aromatic rings. The van der Waals surface area contributed by atoms with Crippen molar-refractivity contribution >= 4 is 17.9 Å². The van der Waals surface area contributed by atoms with E-state index in [2.05, 4.69) is 106 Å². The van der Waals surface area contributed by atoms with Crippen LogP contribution in [0.5, 0.6) is 0 Å². The number of rotatable bonds is 43. The molecular formula is C54H90O6. The van der Waals surface area contributed by atoms with Gasteiger partial charge in [0.2, 0.25) is 0 Å². The SMILES string of the molecule is CC\C=C/C=C\C=C/CCCCCCCCCC(=O)OC(COC(=O)CCC/C=C\C/C=C\C/C=C\CCCCCCCC)COC(=O)CCCCCC/C=C\CCCC. The van der Waals surface area contributed by atoms with Gasteiger partial charge in [0.15, 0.2) is 6.10 Å². The van der Waals surface area contributed by atoms with Crippen LogP contribution in [-0.2, 0) is 28.6 Å². The van der Waals surface area contributed by atoms with Gasteiger partial charge in [0.1, 0.15) is 13.2 Å². The maximum atomic E-state index is 12.8. The summed E-state index contributed by atoms with van der Waals surface area (Å²) in [5.41, 5.74) is 0. The lowest BCUT2D eigenvalue weighted by atomic mass is 10.1. The second-order valence-electron chi connectivity index (χ2n) is 16.0. The van der Waals surface area contributed by atoms with Crippen LogP contribution in [0.2, 0.25) is 0 Å². The van der Waals surface area contributed by atoms with Crippen LogP contribution < -0.4 is 0 Å². The molecule has 6 nitrogen and oxygen atoms in total. The summed E-state index contributed by atoms with van der Waals surface area (Å²) < 4.78 is 16.7. The second-order valence-corrected chi connectivity index (χ2v) is 16.0. The fourth-order valence-corrected chi connectivity index (χ4v) is 6.44. The molecule has 0 amide bonds. The van der Waals surface area contributed by atoms with Gasteiger partial charge in [0.05, 0.1) is 0 Å². The number of ether oxygens (including phenoxy) is 3. The Morgan fingerprint density at radius 1 is 0.367 bits per heavy atom. The number of unbranched alkanes of at least 4 members (excludes halogenated alkanes) is 20. The van der Waals surface area contributed by atoms with Gasteiger partial charge in [-0.2, -0.15) is 0 Å². The Hall–Kier alpha value is -3.41. The van der Waals surface area contributed by atoms with Gasteiger partial charge in [-0.15, -0.1) is 0 Å². The van der Waals surface area contributed by atoms with Gasteiger partial charge in [-0.05, 0) is 89.9 Å². The zero-order valence-corrected chi connectivity index (χ0v) is 38.9. The summed E-state index contributed by atoms with van der Waals surface area (Å²) in [5, 5.41) is 0. The number of hydrogen-bond donors (Lipinski definition) is 0. The molecular weight excluding hydrogens is 745 g/mol. The molecule has 0 spiro atoms. The number of carbonyl (C=O) groups is 3. The highest BCUT2D eigenvalue weighted by Crippen LogP contribution is 2.13. The summed E-state index contributed by atoms with van der Waals surface area (Å²) in [5.74, 6) is -0.988. The van der Waals surface area contributed by atoms with E-state index in [-0.39, 0.29) is 37.5 Å². The second kappa shape index (κ2) is 48.3. The first kappa shape index (κ1) is 56.6. The lowest BCUT2D eigenvalue weighted by molar-refractivity contribution is -0.167. The summed E-state index contributed by atoms with van der Waals surface area (Å²) in [6, 6.07) is 0. The van der Waals surface area contributed by atoms with Crippen LogP contribution >= 0.6 is 0 Å². The van der Waals surface area contributed by atoms with Crippen molar-refractivity contribution in [3.8, 4) is 0 Å². The largest absolute Gasteiger partial charge is 0.462 e. The monoisotopic (exact) mass is 835 g/mol. The molecule has 0 fully saturated rings. The molecule has 0 bridgehead atoms. The van der Waals surface area contributed by atoms with E-state index in [1.807, 2.05) is 0 Å². The van der Waals surface area contributed by atoms with Crippen molar-refractivity contribution < 1.29 is 28.6 Å². The van der Waals surface area contributed by atoms with Gasteiger partial charge >= 0.3 is 17.9 Å². The lowest BCUT2D eigenvalue weighted by Gasteiger charge is -2.18. The fourth-order valence-electron chi connectivity index (χ4n) is 6.44. The van der Waals surface area contributed by atoms with Gasteiger partial charge in [-0.3, -0.25) is 14.4 Å². The van der Waals surface area contributed by atoms with Gasteiger partial charge in [0.25, 0.3) is 0 Å². The third-order valence-corrected chi connectivity index (χ3v) is 10.2. The van der Waals surface area contributed by atoms with Crippen LogP contribution in [0.1, 0.15) is 220 Å². The summed E-state index contributed by atoms with van der Waals surface area (Å²) in [6.45, 7) is 6.38. The van der Waals surface area contributed by atoms with Crippen molar-refractivity contribution in [3.05, 3.63) is 85.1 Å². The molecule has 1 unspecified atom stereocenters. The zero-order valence-electron chi connectivity index (χ0n) is 38.9. The van der Waals surface area contributed by atoms with Crippen LogP contribution in [0.4, 0.5) is 0 Å². The predicted molar refractivity (Wildman–Crippen MR) is 256 cm³/mol. The molecule has 0 aliphatic rings. The maximum Gasteiger partial charge on any atom is 0.306 e. The van der Waals surface area contributed by atoms with Crippen molar-refractivity contribution in [2.75, 3.05) is 13.2 Å². The van der Waals surface area contributed by atoms with E-state index < -0.39 is 6.10 Å². The number of esters is 3. The minimum Gasteiger partial charge on any atom is -0.462 e. The first-order valence-corrected chi connectivity index (χ1v) is 24.6. The normalized spacial score (nSPS) is 12.8. The van der Waals surface area contributed by atoms with Crippen LogP contribution in [0.15, 0.2) is 85.1 Å². The number of hydrogen-bond acceptors (Lipinski definition) is 6. The molecule has 0 N–H and O–H groups in total. The number of allylic oxidation sites excluding steroid dienone is 14. The van der Waals surface area contributed by atoms with E-state index in [0.29, 0.717) is 19.3 Å². The van der Waals surface area contributed by atoms with Crippen molar-refractivity contribution in [1.82, 2.24) is 0 Å². The van der Waals surface area contributed by atoms with Crippen molar-refractivity contribution in [3.63, 3.8) is 0 Å². The molecule has 342 valence electrons. The predicted octanol–water partition coefficient (Wildman–Crippen LogP) is 16.0. The summed E-state index contributed by atoms with van der Waals surface area (Å²) in [7, 11) is 0. The molecule has 0 heterocycles. The van der Waals surface area contributed by atoms with Crippen LogP contribution in [0.25, 0.3) is 0 Å². The standard InChI is InChI=1S/C54H90O6/c1-4-7-10-13-16-19-22-24-26-27-29-30-32-35-38-41-44-47-53(56)59-50-51(49-58-52(55)46-43-40-37-34-21-18-15-12-9-6-3)60-54(57)48-45-42-39-36-33-31-28-25-23-20-17-14-11-8-5-2/h8,11,14-15,17-18,20,23-24,26,29-30,35,38,51H,4-7,9-10,12-13,16,19,21-22,25,27-28,31-34,36-37,39-50H2,1-3H3/b11-8-,17-14-,18-15-,23-20-,26-24-,30-29-,38-35-. The van der Waals surface area contributed by atoms with E-state index >= 15 is 0 Å². The number of carbonyl (C=O) groups excluding carboxylic acids is 3. The molecule has 0 aromatic heterocycles. The van der Waals surface area contributed by atoms with Gasteiger partial charge in [-0.1, -0.05) is 196 Å². The Morgan fingerprint density at radius 2 is 0.750 bits per heavy atom. The first-order valence-electron chi connectivity index (χ1n) is 24.6. The highest BCUT2D eigenvalue weighted by Gasteiger charge is 2.19. The molecule has 60 heavy (non-hydrogen) atoms. The molecule has 0 rings (SSSR count). The van der Waals surface area contributed by atoms with E-state index in [1.54, 1.807) is 0 Å². The van der Waals surface area contributed by atoms with E-state index in [1.165, 1.54) is 77.0 Å². The molecule has 0 aromatic carbocycles. The van der Waals surface area contributed by atoms with Gasteiger partial charge in [0, 0.05) is 19.3 Å². The van der Waals surface area contributed by atoms with Crippen molar-refractivity contribution in [1.29, 1.82) is 0 Å². The zero-order chi connectivity index (χ0) is 43.7. The molecule has 6 heteroatoms. The highest BCUT2D eigenvalue weighted by atomic mass is 16.6. The van der Waals surface area contributed by atoms with E-state index in [4.69, 9.17) is 14.2 Å². The quantitative estimate of drug-likeness (QED) is 0.0200. The lowest BCUT2D eigenvalue weighted by Crippen LogP contribution is -2.30. The molecule has 0 radical (unpaired) electrons. The summed E-state index contributed by atoms with van der Waals surface area (Å²) >= 11 is 0. The molecule has 0 aliphatic heterocycles. The third kappa shape index (κ3) is 45.7. The smallest absolute Gasteiger partial charge is 0.306 e. The molecule has 0 saturated heterocycles. The van der Waals surface area contributed by atoms with E-state index in [9.17, 15) is 14.4 Å². The molecule has 0 aliphatic carbocycles. The first-order chi connectivity index (χ1) is 29.5. The summed E-state index contributed by atoms with van der Waals surface area (Å²) in [4.78, 5) is 37.8. The molecule has 1 atom stereocenters. The Kier molecular flexibility index (Phi) is 45.5. The Bertz CT molecular complexity index is 1190. The Balaban J connectivity index is 4.47. The van der Waals surface area contributed by atoms with Crippen LogP contribution in [0, 0.1) is 0 Å². The van der Waals surface area contributed by atoms with Crippen LogP contribution in [-0.4, -0.2) is 37.2 Å². The minimum absolute atomic E-state index is 0.104. The summed E-state index contributed by atoms with van der Waals surface area (Å²) in [6.07, 6.45) is 61.4. The third-order valence-electron chi connectivity index (χ3n) is 10.2. The van der Waals surface area contributed by atoms with Crippen molar-refractivity contribution in [2.24, 2.45) is 0 Å². The highest BCUT2D eigenvalue weighted by molar-refractivity contribution is 5.71. The topological polar surface area (TPSA) is 78.9 Å². The Morgan fingerprint density at radius 3 is 1.28 bits per heavy atom.